The fourth-order valence-electron chi connectivity index (χ4n) is 2.11. The predicted molar refractivity (Wildman–Crippen MR) is 74.6 cm³/mol. The summed E-state index contributed by atoms with van der Waals surface area (Å²) >= 11 is 3.43. The van der Waals surface area contributed by atoms with E-state index in [0.29, 0.717) is 12.5 Å². The summed E-state index contributed by atoms with van der Waals surface area (Å²) in [6.45, 7) is 0.340. The van der Waals surface area contributed by atoms with Gasteiger partial charge in [-0.15, -0.1) is 0 Å². The number of hydrogen-bond donors (Lipinski definition) is 1. The highest BCUT2D eigenvalue weighted by molar-refractivity contribution is 9.10. The SMILES string of the molecule is COC(=O)CCNC(=O)[C@H]1C[C@@H]1c1cccc(Br)c1. The molecule has 0 bridgehead atoms. The normalized spacial score (nSPS) is 20.7. The highest BCUT2D eigenvalue weighted by atomic mass is 79.9. The minimum absolute atomic E-state index is 0.0221. The fourth-order valence-corrected chi connectivity index (χ4v) is 2.53. The molecule has 5 heteroatoms. The van der Waals surface area contributed by atoms with Crippen LogP contribution >= 0.6 is 15.9 Å². The van der Waals surface area contributed by atoms with Crippen LogP contribution in [0, 0.1) is 5.92 Å². The van der Waals surface area contributed by atoms with E-state index in [-0.39, 0.29) is 24.2 Å². The van der Waals surface area contributed by atoms with Gasteiger partial charge in [0.05, 0.1) is 13.5 Å². The molecule has 19 heavy (non-hydrogen) atoms. The first-order valence-electron chi connectivity index (χ1n) is 6.22. The van der Waals surface area contributed by atoms with Gasteiger partial charge in [0.15, 0.2) is 0 Å². The zero-order chi connectivity index (χ0) is 13.8. The van der Waals surface area contributed by atoms with Crippen molar-refractivity contribution in [1.82, 2.24) is 5.32 Å². The molecule has 1 aliphatic carbocycles. The Morgan fingerprint density at radius 1 is 1.47 bits per heavy atom. The van der Waals surface area contributed by atoms with Crippen molar-refractivity contribution in [1.29, 1.82) is 0 Å². The Morgan fingerprint density at radius 2 is 2.26 bits per heavy atom. The lowest BCUT2D eigenvalue weighted by molar-refractivity contribution is -0.140. The number of esters is 1. The number of halogens is 1. The van der Waals surface area contributed by atoms with Crippen molar-refractivity contribution in [2.75, 3.05) is 13.7 Å². The second-order valence-corrected chi connectivity index (χ2v) is 5.54. The van der Waals surface area contributed by atoms with E-state index in [0.717, 1.165) is 10.9 Å². The summed E-state index contributed by atoms with van der Waals surface area (Å²) in [5.41, 5.74) is 1.18. The second-order valence-electron chi connectivity index (χ2n) is 4.62. The molecule has 1 aromatic carbocycles. The maximum Gasteiger partial charge on any atom is 0.307 e. The molecule has 102 valence electrons. The molecule has 0 aromatic heterocycles. The summed E-state index contributed by atoms with van der Waals surface area (Å²) < 4.78 is 5.55. The van der Waals surface area contributed by atoms with Crippen LogP contribution in [0.1, 0.15) is 24.3 Å². The van der Waals surface area contributed by atoms with E-state index in [1.807, 2.05) is 24.3 Å². The van der Waals surface area contributed by atoms with Crippen molar-refractivity contribution in [3.05, 3.63) is 34.3 Å². The van der Waals surface area contributed by atoms with Crippen LogP contribution in [0.5, 0.6) is 0 Å². The topological polar surface area (TPSA) is 55.4 Å². The zero-order valence-electron chi connectivity index (χ0n) is 10.7. The number of ether oxygens (including phenoxy) is 1. The average molecular weight is 326 g/mol. The molecule has 0 heterocycles. The van der Waals surface area contributed by atoms with Crippen LogP contribution in [0.15, 0.2) is 28.7 Å². The fraction of sp³-hybridized carbons (Fsp3) is 0.429. The Balaban J connectivity index is 1.79. The van der Waals surface area contributed by atoms with Crippen LogP contribution in [-0.2, 0) is 14.3 Å². The van der Waals surface area contributed by atoms with Gasteiger partial charge < -0.3 is 10.1 Å². The largest absolute Gasteiger partial charge is 0.469 e. The summed E-state index contributed by atoms with van der Waals surface area (Å²) in [7, 11) is 1.34. The van der Waals surface area contributed by atoms with E-state index in [4.69, 9.17) is 0 Å². The lowest BCUT2D eigenvalue weighted by Crippen LogP contribution is -2.28. The van der Waals surface area contributed by atoms with Crippen molar-refractivity contribution >= 4 is 27.8 Å². The molecule has 0 saturated heterocycles. The van der Waals surface area contributed by atoms with Crippen molar-refractivity contribution in [2.24, 2.45) is 5.92 Å². The first-order chi connectivity index (χ1) is 9.11. The van der Waals surface area contributed by atoms with Gasteiger partial charge in [0.25, 0.3) is 0 Å². The zero-order valence-corrected chi connectivity index (χ0v) is 12.3. The lowest BCUT2D eigenvalue weighted by Gasteiger charge is -2.04. The molecule has 1 saturated carbocycles. The number of rotatable bonds is 5. The Kier molecular flexibility index (Phi) is 4.58. The molecule has 0 radical (unpaired) electrons. The molecule has 1 aromatic rings. The van der Waals surface area contributed by atoms with Crippen molar-refractivity contribution in [3.63, 3.8) is 0 Å². The predicted octanol–water partition coefficient (Wildman–Crippen LogP) is 2.23. The van der Waals surface area contributed by atoms with Crippen LogP contribution in [0.3, 0.4) is 0 Å². The summed E-state index contributed by atoms with van der Waals surface area (Å²) in [6.07, 6.45) is 1.09. The Labute approximate surface area is 120 Å². The molecule has 4 nitrogen and oxygen atoms in total. The van der Waals surface area contributed by atoms with Gasteiger partial charge in [0.2, 0.25) is 5.91 Å². The van der Waals surface area contributed by atoms with E-state index in [1.165, 1.54) is 12.7 Å². The van der Waals surface area contributed by atoms with E-state index in [1.54, 1.807) is 0 Å². The van der Waals surface area contributed by atoms with Gasteiger partial charge >= 0.3 is 5.97 Å². The number of amides is 1. The van der Waals surface area contributed by atoms with E-state index < -0.39 is 0 Å². The summed E-state index contributed by atoms with van der Waals surface area (Å²) in [5, 5.41) is 2.77. The minimum Gasteiger partial charge on any atom is -0.469 e. The highest BCUT2D eigenvalue weighted by Crippen LogP contribution is 2.47. The number of carbonyl (C=O) groups excluding carboxylic acids is 2. The molecule has 1 amide bonds. The van der Waals surface area contributed by atoms with Gasteiger partial charge in [-0.25, -0.2) is 0 Å². The number of carbonyl (C=O) groups is 2. The maximum atomic E-state index is 11.9. The molecule has 2 rings (SSSR count). The van der Waals surface area contributed by atoms with Gasteiger partial charge in [-0.05, 0) is 30.0 Å². The molecule has 2 atom stereocenters. The first-order valence-corrected chi connectivity index (χ1v) is 7.01. The first kappa shape index (κ1) is 14.1. The Hall–Kier alpha value is -1.36. The van der Waals surface area contributed by atoms with Gasteiger partial charge in [-0.3, -0.25) is 9.59 Å². The summed E-state index contributed by atoms with van der Waals surface area (Å²) in [4.78, 5) is 22.8. The smallest absolute Gasteiger partial charge is 0.307 e. The van der Waals surface area contributed by atoms with Gasteiger partial charge in [0, 0.05) is 16.9 Å². The lowest BCUT2D eigenvalue weighted by atomic mass is 10.1. The van der Waals surface area contributed by atoms with Crippen LogP contribution in [0.2, 0.25) is 0 Å². The molecule has 0 aliphatic heterocycles. The number of nitrogens with one attached hydrogen (secondary N) is 1. The maximum absolute atomic E-state index is 11.9. The monoisotopic (exact) mass is 325 g/mol. The molecule has 0 unspecified atom stereocenters. The Bertz CT molecular complexity index is 489. The van der Waals surface area contributed by atoms with E-state index in [2.05, 4.69) is 26.0 Å². The third-order valence-corrected chi connectivity index (χ3v) is 3.75. The third-order valence-electron chi connectivity index (χ3n) is 3.26. The minimum atomic E-state index is -0.306. The highest BCUT2D eigenvalue weighted by Gasteiger charge is 2.43. The van der Waals surface area contributed by atoms with Crippen LogP contribution in [0.25, 0.3) is 0 Å². The van der Waals surface area contributed by atoms with Crippen molar-refractivity contribution < 1.29 is 14.3 Å². The molecule has 1 N–H and O–H groups in total. The van der Waals surface area contributed by atoms with E-state index >= 15 is 0 Å². The van der Waals surface area contributed by atoms with E-state index in [9.17, 15) is 9.59 Å². The van der Waals surface area contributed by atoms with Crippen LogP contribution < -0.4 is 5.32 Å². The standard InChI is InChI=1S/C14H16BrNO3/c1-19-13(17)5-6-16-14(18)12-8-11(12)9-3-2-4-10(15)7-9/h2-4,7,11-12H,5-6,8H2,1H3,(H,16,18)/t11-,12+/m1/s1. The molecular formula is C14H16BrNO3. The molecule has 1 fully saturated rings. The van der Waals surface area contributed by atoms with Crippen LogP contribution in [0.4, 0.5) is 0 Å². The average Bonchev–Trinajstić information content (AvgIpc) is 3.18. The molecule has 1 aliphatic rings. The van der Waals surface area contributed by atoms with Gasteiger partial charge in [-0.1, -0.05) is 28.1 Å². The summed E-state index contributed by atoms with van der Waals surface area (Å²) in [5.74, 6) is 0.0519. The van der Waals surface area contributed by atoms with Crippen molar-refractivity contribution in [2.45, 2.75) is 18.8 Å². The van der Waals surface area contributed by atoms with Crippen molar-refractivity contribution in [3.8, 4) is 0 Å². The molecular weight excluding hydrogens is 310 g/mol. The second kappa shape index (κ2) is 6.19. The number of benzene rings is 1. The molecule has 0 spiro atoms. The van der Waals surface area contributed by atoms with Crippen LogP contribution in [-0.4, -0.2) is 25.5 Å². The third kappa shape index (κ3) is 3.80. The summed E-state index contributed by atoms with van der Waals surface area (Å²) in [6, 6.07) is 8.03. The Morgan fingerprint density at radius 3 is 2.95 bits per heavy atom. The number of methoxy groups -OCH3 is 1. The quantitative estimate of drug-likeness (QED) is 0.844. The van der Waals surface area contributed by atoms with Gasteiger partial charge in [0.1, 0.15) is 0 Å². The van der Waals surface area contributed by atoms with Gasteiger partial charge in [-0.2, -0.15) is 0 Å². The number of hydrogen-bond acceptors (Lipinski definition) is 3.